The summed E-state index contributed by atoms with van der Waals surface area (Å²) in [5, 5.41) is 0.561. The fourth-order valence-corrected chi connectivity index (χ4v) is 3.35. The zero-order chi connectivity index (χ0) is 17.6. The highest BCUT2D eigenvalue weighted by molar-refractivity contribution is 7.89. The van der Waals surface area contributed by atoms with E-state index in [1.54, 1.807) is 30.3 Å². The molecular weight excluding hydrogens is 350 g/mol. The van der Waals surface area contributed by atoms with Crippen molar-refractivity contribution in [1.29, 1.82) is 0 Å². The van der Waals surface area contributed by atoms with Crippen molar-refractivity contribution in [3.8, 4) is 11.5 Å². The maximum absolute atomic E-state index is 12.5. The maximum atomic E-state index is 12.5. The van der Waals surface area contributed by atoms with E-state index in [1.165, 1.54) is 12.1 Å². The Labute approximate surface area is 147 Å². The summed E-state index contributed by atoms with van der Waals surface area (Å²) >= 11 is 5.91. The van der Waals surface area contributed by atoms with Crippen LogP contribution in [0.15, 0.2) is 47.4 Å². The normalized spacial score (nSPS) is 11.3. The first-order chi connectivity index (χ1) is 11.5. The third-order valence-corrected chi connectivity index (χ3v) is 4.81. The van der Waals surface area contributed by atoms with E-state index in [0.29, 0.717) is 29.7 Å². The van der Waals surface area contributed by atoms with Crippen LogP contribution in [0.4, 0.5) is 0 Å². The lowest BCUT2D eigenvalue weighted by atomic mass is 10.2. The molecule has 2 aromatic carbocycles. The highest BCUT2D eigenvalue weighted by Crippen LogP contribution is 2.30. The Hall–Kier alpha value is -1.76. The van der Waals surface area contributed by atoms with Crippen molar-refractivity contribution in [1.82, 2.24) is 4.72 Å². The summed E-state index contributed by atoms with van der Waals surface area (Å²) in [5.41, 5.74) is 0.780. The zero-order valence-corrected chi connectivity index (χ0v) is 15.2. The van der Waals surface area contributed by atoms with Crippen LogP contribution in [0.3, 0.4) is 0 Å². The molecule has 1 N–H and O–H groups in total. The van der Waals surface area contributed by atoms with Gasteiger partial charge in [-0.3, -0.25) is 0 Å². The van der Waals surface area contributed by atoms with Crippen LogP contribution in [-0.4, -0.2) is 21.6 Å². The minimum absolute atomic E-state index is 0.122. The molecule has 0 saturated carbocycles. The average Bonchev–Trinajstić information content (AvgIpc) is 2.55. The molecule has 0 atom stereocenters. The molecule has 0 fully saturated rings. The molecular formula is C17H20ClNO4S. The first-order valence-corrected chi connectivity index (χ1v) is 9.46. The van der Waals surface area contributed by atoms with Gasteiger partial charge in [-0.2, -0.15) is 0 Å². The molecule has 5 nitrogen and oxygen atoms in total. The fourth-order valence-electron chi connectivity index (χ4n) is 2.11. The van der Waals surface area contributed by atoms with E-state index < -0.39 is 10.0 Å². The molecule has 2 rings (SSSR count). The minimum Gasteiger partial charge on any atom is -0.490 e. The second-order valence-electron chi connectivity index (χ2n) is 4.93. The Kier molecular flexibility index (Phi) is 6.48. The van der Waals surface area contributed by atoms with E-state index in [1.807, 2.05) is 13.8 Å². The van der Waals surface area contributed by atoms with E-state index in [0.717, 1.165) is 5.56 Å². The Morgan fingerprint density at radius 2 is 1.71 bits per heavy atom. The highest BCUT2D eigenvalue weighted by Gasteiger charge is 2.17. The van der Waals surface area contributed by atoms with Gasteiger partial charge in [0.15, 0.2) is 11.5 Å². The lowest BCUT2D eigenvalue weighted by Crippen LogP contribution is -2.23. The molecule has 24 heavy (non-hydrogen) atoms. The van der Waals surface area contributed by atoms with Crippen LogP contribution in [-0.2, 0) is 16.6 Å². The first kappa shape index (κ1) is 18.6. The molecule has 0 spiro atoms. The molecule has 0 heterocycles. The molecule has 7 heteroatoms. The highest BCUT2D eigenvalue weighted by atomic mass is 35.5. The van der Waals surface area contributed by atoms with Gasteiger partial charge in [0, 0.05) is 17.6 Å². The fraction of sp³-hybridized carbons (Fsp3) is 0.294. The van der Waals surface area contributed by atoms with Gasteiger partial charge in [-0.05, 0) is 43.7 Å². The van der Waals surface area contributed by atoms with E-state index >= 15 is 0 Å². The monoisotopic (exact) mass is 369 g/mol. The number of rotatable bonds is 8. The summed E-state index contributed by atoms with van der Waals surface area (Å²) in [7, 11) is -3.67. The predicted octanol–water partition coefficient (Wildman–Crippen LogP) is 3.62. The summed E-state index contributed by atoms with van der Waals surface area (Å²) in [5.74, 6) is 0.929. The molecule has 0 radical (unpaired) electrons. The molecule has 0 aliphatic carbocycles. The summed E-state index contributed by atoms with van der Waals surface area (Å²) in [4.78, 5) is 0.122. The Morgan fingerprint density at radius 1 is 1.00 bits per heavy atom. The smallest absolute Gasteiger partial charge is 0.241 e. The Bertz CT molecular complexity index is 793. The van der Waals surface area contributed by atoms with Crippen LogP contribution in [0, 0.1) is 0 Å². The third-order valence-electron chi connectivity index (χ3n) is 3.18. The van der Waals surface area contributed by atoms with Gasteiger partial charge in [0.25, 0.3) is 0 Å². The average molecular weight is 370 g/mol. The molecule has 0 amide bonds. The van der Waals surface area contributed by atoms with Crippen molar-refractivity contribution in [2.45, 2.75) is 25.3 Å². The van der Waals surface area contributed by atoms with Gasteiger partial charge in [-0.25, -0.2) is 13.1 Å². The number of hydrogen-bond acceptors (Lipinski definition) is 4. The largest absolute Gasteiger partial charge is 0.490 e. The summed E-state index contributed by atoms with van der Waals surface area (Å²) in [6, 6.07) is 11.6. The number of nitrogens with one attached hydrogen (secondary N) is 1. The zero-order valence-electron chi connectivity index (χ0n) is 13.6. The van der Waals surface area contributed by atoms with Crippen molar-refractivity contribution in [3.05, 3.63) is 53.1 Å². The van der Waals surface area contributed by atoms with E-state index in [9.17, 15) is 8.42 Å². The molecule has 0 aliphatic heterocycles. The van der Waals surface area contributed by atoms with Crippen molar-refractivity contribution >= 4 is 21.6 Å². The van der Waals surface area contributed by atoms with Gasteiger partial charge < -0.3 is 9.47 Å². The van der Waals surface area contributed by atoms with E-state index in [4.69, 9.17) is 21.1 Å². The number of halogens is 1. The van der Waals surface area contributed by atoms with E-state index in [2.05, 4.69) is 4.72 Å². The van der Waals surface area contributed by atoms with Crippen molar-refractivity contribution < 1.29 is 17.9 Å². The van der Waals surface area contributed by atoms with Crippen LogP contribution in [0.5, 0.6) is 11.5 Å². The number of benzene rings is 2. The summed E-state index contributed by atoms with van der Waals surface area (Å²) in [6.45, 7) is 4.72. The van der Waals surface area contributed by atoms with Crippen molar-refractivity contribution in [3.63, 3.8) is 0 Å². The first-order valence-electron chi connectivity index (χ1n) is 7.60. The van der Waals surface area contributed by atoms with Gasteiger partial charge in [0.1, 0.15) is 0 Å². The second-order valence-corrected chi connectivity index (χ2v) is 7.13. The molecule has 0 aromatic heterocycles. The number of sulfonamides is 1. The Balaban J connectivity index is 2.20. The standard InChI is InChI=1S/C17H20ClNO4S/c1-3-22-16-9-8-15(11-17(16)23-4-2)24(20,21)19-12-13-6-5-7-14(18)10-13/h5-11,19H,3-4,12H2,1-2H3. The van der Waals surface area contributed by atoms with Crippen LogP contribution in [0.2, 0.25) is 5.02 Å². The van der Waals surface area contributed by atoms with E-state index in [-0.39, 0.29) is 11.4 Å². The topological polar surface area (TPSA) is 64.6 Å². The lowest BCUT2D eigenvalue weighted by molar-refractivity contribution is 0.287. The van der Waals surface area contributed by atoms with Gasteiger partial charge >= 0.3 is 0 Å². The van der Waals surface area contributed by atoms with Crippen LogP contribution in [0.25, 0.3) is 0 Å². The van der Waals surface area contributed by atoms with Crippen LogP contribution in [0.1, 0.15) is 19.4 Å². The molecule has 2 aromatic rings. The quantitative estimate of drug-likeness (QED) is 0.771. The third kappa shape index (κ3) is 4.87. The van der Waals surface area contributed by atoms with Crippen molar-refractivity contribution in [2.24, 2.45) is 0 Å². The second kappa shape index (κ2) is 8.37. The molecule has 0 saturated heterocycles. The number of ether oxygens (including phenoxy) is 2. The molecule has 0 unspecified atom stereocenters. The number of hydrogen-bond donors (Lipinski definition) is 1. The van der Waals surface area contributed by atoms with Crippen LogP contribution < -0.4 is 14.2 Å². The molecule has 0 aliphatic rings. The minimum atomic E-state index is -3.67. The molecule has 0 bridgehead atoms. The molecule has 130 valence electrons. The predicted molar refractivity (Wildman–Crippen MR) is 94.3 cm³/mol. The van der Waals surface area contributed by atoms with Crippen molar-refractivity contribution in [2.75, 3.05) is 13.2 Å². The van der Waals surface area contributed by atoms with Crippen LogP contribution >= 0.6 is 11.6 Å². The summed E-state index contributed by atoms with van der Waals surface area (Å²) in [6.07, 6.45) is 0. The SMILES string of the molecule is CCOc1ccc(S(=O)(=O)NCc2cccc(Cl)c2)cc1OCC. The lowest BCUT2D eigenvalue weighted by Gasteiger charge is -2.13. The summed E-state index contributed by atoms with van der Waals surface area (Å²) < 4.78 is 38.4. The van der Waals surface area contributed by atoms with Gasteiger partial charge in [0.05, 0.1) is 18.1 Å². The Morgan fingerprint density at radius 3 is 2.38 bits per heavy atom. The maximum Gasteiger partial charge on any atom is 0.241 e. The van der Waals surface area contributed by atoms with Gasteiger partial charge in [0.2, 0.25) is 10.0 Å². The van der Waals surface area contributed by atoms with Gasteiger partial charge in [-0.15, -0.1) is 0 Å². The van der Waals surface area contributed by atoms with Gasteiger partial charge in [-0.1, -0.05) is 23.7 Å².